The molecule has 1 aromatic heterocycles. The maximum absolute atomic E-state index is 12.7. The number of piperazine rings is 1. The predicted molar refractivity (Wildman–Crippen MR) is 110 cm³/mol. The van der Waals surface area contributed by atoms with Crippen molar-refractivity contribution in [1.82, 2.24) is 19.6 Å². The Bertz CT molecular complexity index is 940. The molecule has 0 radical (unpaired) electrons. The molecule has 29 heavy (non-hydrogen) atoms. The number of nitrogens with zero attached hydrogens (tertiary/aromatic N) is 4. The molecule has 0 atom stereocenters. The van der Waals surface area contributed by atoms with E-state index in [-0.39, 0.29) is 23.9 Å². The van der Waals surface area contributed by atoms with Gasteiger partial charge in [0.1, 0.15) is 6.54 Å². The van der Waals surface area contributed by atoms with Crippen molar-refractivity contribution in [2.45, 2.75) is 45.1 Å². The van der Waals surface area contributed by atoms with Gasteiger partial charge in [-0.05, 0) is 18.4 Å². The lowest BCUT2D eigenvalue weighted by Crippen LogP contribution is -2.51. The Morgan fingerprint density at radius 2 is 1.62 bits per heavy atom. The quantitative estimate of drug-likeness (QED) is 0.775. The second kappa shape index (κ2) is 8.76. The molecule has 7 nitrogen and oxygen atoms in total. The Morgan fingerprint density at radius 3 is 2.34 bits per heavy atom. The maximum atomic E-state index is 12.7. The highest BCUT2D eigenvalue weighted by atomic mass is 16.2. The fraction of sp³-hybridized carbons (Fsp3) is 0.545. The summed E-state index contributed by atoms with van der Waals surface area (Å²) in [7, 11) is 0. The molecule has 1 aliphatic heterocycles. The van der Waals surface area contributed by atoms with E-state index in [9.17, 15) is 14.4 Å². The number of carbonyl (C=O) groups is 2. The van der Waals surface area contributed by atoms with Crippen LogP contribution in [0.1, 0.15) is 38.5 Å². The minimum atomic E-state index is -0.253. The van der Waals surface area contributed by atoms with E-state index >= 15 is 0 Å². The summed E-state index contributed by atoms with van der Waals surface area (Å²) in [5.74, 6) is 0.791. The molecule has 2 aromatic rings. The van der Waals surface area contributed by atoms with Gasteiger partial charge in [0.25, 0.3) is 5.56 Å². The highest BCUT2D eigenvalue weighted by molar-refractivity contribution is 5.81. The normalized spacial score (nSPS) is 17.8. The van der Waals surface area contributed by atoms with Gasteiger partial charge in [0, 0.05) is 38.0 Å². The first-order chi connectivity index (χ1) is 14.1. The van der Waals surface area contributed by atoms with Gasteiger partial charge in [-0.1, -0.05) is 43.9 Å². The van der Waals surface area contributed by atoms with E-state index in [1.165, 1.54) is 30.4 Å². The second-order valence-corrected chi connectivity index (χ2v) is 8.15. The third-order valence-electron chi connectivity index (χ3n) is 6.27. The topological polar surface area (TPSA) is 75.5 Å². The molecule has 7 heteroatoms. The van der Waals surface area contributed by atoms with Gasteiger partial charge in [0.2, 0.25) is 11.8 Å². The first kappa shape index (κ1) is 19.6. The van der Waals surface area contributed by atoms with E-state index in [4.69, 9.17) is 0 Å². The van der Waals surface area contributed by atoms with Gasteiger partial charge in [0.05, 0.1) is 11.6 Å². The van der Waals surface area contributed by atoms with Gasteiger partial charge in [-0.3, -0.25) is 14.4 Å². The summed E-state index contributed by atoms with van der Waals surface area (Å²) in [5, 5.41) is 5.47. The number of hydrogen-bond acceptors (Lipinski definition) is 4. The molecule has 1 saturated carbocycles. The third kappa shape index (κ3) is 4.49. The third-order valence-corrected chi connectivity index (χ3v) is 6.27. The molecule has 4 rings (SSSR count). The van der Waals surface area contributed by atoms with Crippen molar-refractivity contribution in [2.75, 3.05) is 26.2 Å². The van der Waals surface area contributed by atoms with Crippen molar-refractivity contribution in [3.63, 3.8) is 0 Å². The fourth-order valence-corrected chi connectivity index (χ4v) is 4.46. The minimum Gasteiger partial charge on any atom is -0.339 e. The Kier molecular flexibility index (Phi) is 5.92. The van der Waals surface area contributed by atoms with Crippen LogP contribution in [0.2, 0.25) is 0 Å². The molecular formula is C22H28N4O3. The van der Waals surface area contributed by atoms with Gasteiger partial charge in [0.15, 0.2) is 0 Å². The summed E-state index contributed by atoms with van der Waals surface area (Å²) in [6.07, 6.45) is 8.35. The van der Waals surface area contributed by atoms with Crippen LogP contribution in [-0.4, -0.2) is 57.6 Å². The van der Waals surface area contributed by atoms with Crippen molar-refractivity contribution < 1.29 is 9.59 Å². The standard InChI is InChI=1S/C22H28N4O3/c27-20(10-9-17-5-1-2-6-17)24-11-13-25(14-12-24)21(28)16-26-22(29)19-8-4-3-7-18(19)15-23-26/h3-4,7-8,15,17H,1-2,5-6,9-14,16H2. The van der Waals surface area contributed by atoms with Crippen molar-refractivity contribution >= 4 is 22.6 Å². The maximum Gasteiger partial charge on any atom is 0.275 e. The smallest absolute Gasteiger partial charge is 0.275 e. The summed E-state index contributed by atoms with van der Waals surface area (Å²) in [4.78, 5) is 41.3. The minimum absolute atomic E-state index is 0.0701. The summed E-state index contributed by atoms with van der Waals surface area (Å²) >= 11 is 0. The molecule has 2 amide bonds. The first-order valence-corrected chi connectivity index (χ1v) is 10.6. The lowest BCUT2D eigenvalue weighted by Gasteiger charge is -2.35. The fourth-order valence-electron chi connectivity index (χ4n) is 4.46. The van der Waals surface area contributed by atoms with Gasteiger partial charge in [-0.25, -0.2) is 4.68 Å². The van der Waals surface area contributed by atoms with Gasteiger partial charge in [-0.15, -0.1) is 0 Å². The van der Waals surface area contributed by atoms with E-state index in [2.05, 4.69) is 5.10 Å². The summed E-state index contributed by atoms with van der Waals surface area (Å²) in [6.45, 7) is 2.08. The lowest BCUT2D eigenvalue weighted by molar-refractivity contribution is -0.140. The number of aromatic nitrogens is 2. The molecule has 0 bridgehead atoms. The van der Waals surface area contributed by atoms with Crippen LogP contribution in [0, 0.1) is 5.92 Å². The number of amides is 2. The van der Waals surface area contributed by atoms with E-state index in [0.29, 0.717) is 38.0 Å². The van der Waals surface area contributed by atoms with Crippen molar-refractivity contribution in [2.24, 2.45) is 5.92 Å². The van der Waals surface area contributed by atoms with Crippen molar-refractivity contribution in [3.8, 4) is 0 Å². The lowest BCUT2D eigenvalue weighted by atomic mass is 10.0. The molecule has 0 N–H and O–H groups in total. The van der Waals surface area contributed by atoms with Crippen LogP contribution in [0.15, 0.2) is 35.3 Å². The van der Waals surface area contributed by atoms with Crippen molar-refractivity contribution in [1.29, 1.82) is 0 Å². The Hall–Kier alpha value is -2.70. The highest BCUT2D eigenvalue weighted by Crippen LogP contribution is 2.28. The molecule has 2 aliphatic rings. The van der Waals surface area contributed by atoms with E-state index in [1.807, 2.05) is 17.0 Å². The molecule has 2 fully saturated rings. The number of hydrogen-bond donors (Lipinski definition) is 0. The molecule has 1 aromatic carbocycles. The zero-order valence-corrected chi connectivity index (χ0v) is 16.8. The molecular weight excluding hydrogens is 368 g/mol. The number of benzene rings is 1. The molecule has 0 unspecified atom stereocenters. The SMILES string of the molecule is O=C(CCC1CCCC1)N1CCN(C(=O)Cn2ncc3ccccc3c2=O)CC1. The van der Waals surface area contributed by atoms with Crippen LogP contribution in [0.4, 0.5) is 0 Å². The molecule has 0 spiro atoms. The first-order valence-electron chi connectivity index (χ1n) is 10.6. The largest absolute Gasteiger partial charge is 0.339 e. The van der Waals surface area contributed by atoms with E-state index < -0.39 is 0 Å². The summed E-state index contributed by atoms with van der Waals surface area (Å²) < 4.78 is 1.23. The average molecular weight is 396 g/mol. The van der Waals surface area contributed by atoms with Crippen LogP contribution < -0.4 is 5.56 Å². The molecule has 1 saturated heterocycles. The van der Waals surface area contributed by atoms with Crippen molar-refractivity contribution in [3.05, 3.63) is 40.8 Å². The van der Waals surface area contributed by atoms with Crippen LogP contribution in [0.3, 0.4) is 0 Å². The summed E-state index contributed by atoms with van der Waals surface area (Å²) in [6, 6.07) is 7.24. The zero-order chi connectivity index (χ0) is 20.2. The van der Waals surface area contributed by atoms with Gasteiger partial charge >= 0.3 is 0 Å². The van der Waals surface area contributed by atoms with Gasteiger partial charge < -0.3 is 9.80 Å². The second-order valence-electron chi connectivity index (χ2n) is 8.15. The molecule has 2 heterocycles. The molecule has 1 aliphatic carbocycles. The average Bonchev–Trinajstić information content (AvgIpc) is 3.28. The van der Waals surface area contributed by atoms with Crippen LogP contribution in [0.5, 0.6) is 0 Å². The van der Waals surface area contributed by atoms with Crippen LogP contribution >= 0.6 is 0 Å². The predicted octanol–water partition coefficient (Wildman–Crippen LogP) is 2.04. The summed E-state index contributed by atoms with van der Waals surface area (Å²) in [5.41, 5.74) is -0.253. The zero-order valence-electron chi connectivity index (χ0n) is 16.8. The number of carbonyl (C=O) groups excluding carboxylic acids is 2. The van der Waals surface area contributed by atoms with Crippen LogP contribution in [0.25, 0.3) is 10.8 Å². The van der Waals surface area contributed by atoms with E-state index in [1.54, 1.807) is 23.2 Å². The Morgan fingerprint density at radius 1 is 0.966 bits per heavy atom. The van der Waals surface area contributed by atoms with E-state index in [0.717, 1.165) is 17.7 Å². The van der Waals surface area contributed by atoms with Gasteiger partial charge in [-0.2, -0.15) is 5.10 Å². The Labute approximate surface area is 170 Å². The number of rotatable bonds is 5. The highest BCUT2D eigenvalue weighted by Gasteiger charge is 2.25. The monoisotopic (exact) mass is 396 g/mol. The number of fused-ring (bicyclic) bond motifs is 1. The Balaban J connectivity index is 1.29. The molecule has 154 valence electrons. The van der Waals surface area contributed by atoms with Crippen LogP contribution in [-0.2, 0) is 16.1 Å².